The molecule has 1 N–H and O–H groups in total. The molecule has 1 heterocycles. The van der Waals surface area contributed by atoms with E-state index in [4.69, 9.17) is 16.7 Å². The molecule has 16 heavy (non-hydrogen) atoms. The molecule has 0 amide bonds. The van der Waals surface area contributed by atoms with Gasteiger partial charge in [-0.25, -0.2) is 4.98 Å². The van der Waals surface area contributed by atoms with Gasteiger partial charge in [0.2, 0.25) is 0 Å². The van der Waals surface area contributed by atoms with Crippen LogP contribution in [0.3, 0.4) is 0 Å². The molecule has 0 aliphatic heterocycles. The van der Waals surface area contributed by atoms with Crippen LogP contribution in [-0.4, -0.2) is 16.5 Å². The molecule has 0 unspecified atom stereocenters. The summed E-state index contributed by atoms with van der Waals surface area (Å²) in [6, 6.07) is 1.06. The van der Waals surface area contributed by atoms with Crippen LogP contribution in [0.1, 0.15) is 11.3 Å². The Balaban J connectivity index is 3.18. The van der Waals surface area contributed by atoms with Gasteiger partial charge in [-0.1, -0.05) is 0 Å². The molecule has 1 aromatic heterocycles. The molecular formula is C8H6ClF3INO2. The Labute approximate surface area is 108 Å². The molecule has 1 rings (SSSR count). The van der Waals surface area contributed by atoms with E-state index in [1.165, 1.54) is 0 Å². The van der Waals surface area contributed by atoms with E-state index >= 15 is 0 Å². The molecule has 0 saturated heterocycles. The molecule has 0 spiro atoms. The van der Waals surface area contributed by atoms with Gasteiger partial charge >= 0.3 is 6.36 Å². The lowest BCUT2D eigenvalue weighted by atomic mass is 10.2. The van der Waals surface area contributed by atoms with Gasteiger partial charge in [-0.3, -0.25) is 0 Å². The second-order valence-corrected chi connectivity index (χ2v) is 4.01. The van der Waals surface area contributed by atoms with Crippen LogP contribution in [0.2, 0.25) is 0 Å². The van der Waals surface area contributed by atoms with Gasteiger partial charge in [-0.15, -0.1) is 24.8 Å². The number of rotatable bonds is 3. The first-order chi connectivity index (χ1) is 7.37. The fourth-order valence-electron chi connectivity index (χ4n) is 0.993. The maximum absolute atomic E-state index is 12.1. The first-order valence-electron chi connectivity index (χ1n) is 3.98. The number of pyridine rings is 1. The molecule has 1 aromatic rings. The summed E-state index contributed by atoms with van der Waals surface area (Å²) in [6.45, 7) is -0.584. The summed E-state index contributed by atoms with van der Waals surface area (Å²) in [5.41, 5.74) is 0.245. The van der Waals surface area contributed by atoms with Gasteiger partial charge < -0.3 is 9.84 Å². The second kappa shape index (κ2) is 5.37. The highest BCUT2D eigenvalue weighted by Gasteiger charge is 2.32. The van der Waals surface area contributed by atoms with E-state index in [1.54, 1.807) is 22.6 Å². The van der Waals surface area contributed by atoms with E-state index in [2.05, 4.69) is 9.72 Å². The van der Waals surface area contributed by atoms with Crippen LogP contribution in [0.5, 0.6) is 5.75 Å². The van der Waals surface area contributed by atoms with Crippen molar-refractivity contribution in [1.29, 1.82) is 0 Å². The Hall–Kier alpha value is -0.280. The van der Waals surface area contributed by atoms with Gasteiger partial charge in [-0.2, -0.15) is 0 Å². The molecule has 3 nitrogen and oxygen atoms in total. The minimum Gasteiger partial charge on any atom is -0.405 e. The zero-order valence-corrected chi connectivity index (χ0v) is 10.6. The zero-order valence-electron chi connectivity index (χ0n) is 7.68. The maximum atomic E-state index is 12.1. The van der Waals surface area contributed by atoms with E-state index < -0.39 is 18.7 Å². The monoisotopic (exact) mass is 367 g/mol. The minimum absolute atomic E-state index is 0.00760. The van der Waals surface area contributed by atoms with Gasteiger partial charge in [0.15, 0.2) is 0 Å². The smallest absolute Gasteiger partial charge is 0.405 e. The van der Waals surface area contributed by atoms with Crippen molar-refractivity contribution in [3.63, 3.8) is 0 Å². The highest BCUT2D eigenvalue weighted by atomic mass is 127. The summed E-state index contributed by atoms with van der Waals surface area (Å²) in [5, 5.41) is 8.93. The predicted molar refractivity (Wildman–Crippen MR) is 59.1 cm³/mol. The number of aliphatic hydroxyl groups is 1. The van der Waals surface area contributed by atoms with Gasteiger partial charge in [0.05, 0.1) is 23.7 Å². The first-order valence-corrected chi connectivity index (χ1v) is 5.59. The Morgan fingerprint density at radius 1 is 1.50 bits per heavy atom. The molecule has 0 radical (unpaired) electrons. The van der Waals surface area contributed by atoms with Crippen molar-refractivity contribution in [1.82, 2.24) is 4.98 Å². The lowest BCUT2D eigenvalue weighted by Crippen LogP contribution is -2.19. The molecule has 0 aliphatic rings. The second-order valence-electron chi connectivity index (χ2n) is 2.72. The van der Waals surface area contributed by atoms with Gasteiger partial charge in [-0.05, 0) is 22.6 Å². The molecule has 0 aromatic carbocycles. The van der Waals surface area contributed by atoms with Crippen LogP contribution in [0.15, 0.2) is 6.07 Å². The van der Waals surface area contributed by atoms with Crippen molar-refractivity contribution >= 4 is 34.2 Å². The predicted octanol–water partition coefficient (Wildman–Crippen LogP) is 2.82. The van der Waals surface area contributed by atoms with E-state index in [1.807, 2.05) is 0 Å². The number of alkyl halides is 4. The van der Waals surface area contributed by atoms with Crippen molar-refractivity contribution in [2.75, 3.05) is 0 Å². The van der Waals surface area contributed by atoms with Crippen molar-refractivity contribution in [3.05, 3.63) is 21.0 Å². The van der Waals surface area contributed by atoms with Crippen molar-refractivity contribution in [2.45, 2.75) is 18.8 Å². The van der Waals surface area contributed by atoms with Crippen LogP contribution in [0, 0.1) is 3.70 Å². The highest BCUT2D eigenvalue weighted by Crippen LogP contribution is 2.29. The van der Waals surface area contributed by atoms with Gasteiger partial charge in [0, 0.05) is 6.07 Å². The standard InChI is InChI=1S/C8H6ClF3INO2/c9-2-4-1-6(16-8(10,11)12)5(3-15)7(13)14-4/h1,15H,2-3H2. The summed E-state index contributed by atoms with van der Waals surface area (Å²) in [6.07, 6.45) is -4.81. The third-order valence-electron chi connectivity index (χ3n) is 1.61. The van der Waals surface area contributed by atoms with Crippen molar-refractivity contribution in [3.8, 4) is 5.75 Å². The topological polar surface area (TPSA) is 42.4 Å². The fourth-order valence-corrected chi connectivity index (χ4v) is 1.88. The summed E-state index contributed by atoms with van der Waals surface area (Å²) in [5.74, 6) is -0.499. The molecular weight excluding hydrogens is 361 g/mol. The molecule has 0 fully saturated rings. The molecule has 0 atom stereocenters. The molecule has 90 valence electrons. The van der Waals surface area contributed by atoms with Crippen LogP contribution < -0.4 is 4.74 Å². The van der Waals surface area contributed by atoms with E-state index in [9.17, 15) is 13.2 Å². The third kappa shape index (κ3) is 3.63. The van der Waals surface area contributed by atoms with Crippen LogP contribution in [-0.2, 0) is 12.5 Å². The first kappa shape index (κ1) is 13.8. The Kier molecular flexibility index (Phi) is 4.62. The molecule has 0 saturated carbocycles. The number of hydrogen-bond acceptors (Lipinski definition) is 3. The highest BCUT2D eigenvalue weighted by molar-refractivity contribution is 14.1. The molecule has 0 aliphatic carbocycles. The van der Waals surface area contributed by atoms with Gasteiger partial charge in [0.25, 0.3) is 0 Å². The van der Waals surface area contributed by atoms with E-state index in [-0.39, 0.29) is 20.8 Å². The molecule has 8 heteroatoms. The number of hydrogen-bond donors (Lipinski definition) is 1. The Morgan fingerprint density at radius 3 is 2.56 bits per heavy atom. The Bertz CT molecular complexity index is 386. The van der Waals surface area contributed by atoms with E-state index in [0.717, 1.165) is 6.07 Å². The van der Waals surface area contributed by atoms with Crippen molar-refractivity contribution < 1.29 is 23.0 Å². The van der Waals surface area contributed by atoms with Crippen LogP contribution in [0.4, 0.5) is 13.2 Å². The summed E-state index contributed by atoms with van der Waals surface area (Å²) in [4.78, 5) is 3.90. The number of nitrogens with zero attached hydrogens (tertiary/aromatic N) is 1. The fraction of sp³-hybridized carbons (Fsp3) is 0.375. The summed E-state index contributed by atoms with van der Waals surface area (Å²) >= 11 is 7.18. The average molecular weight is 367 g/mol. The maximum Gasteiger partial charge on any atom is 0.573 e. The summed E-state index contributed by atoms with van der Waals surface area (Å²) < 4.78 is 40.2. The van der Waals surface area contributed by atoms with Crippen LogP contribution in [0.25, 0.3) is 0 Å². The van der Waals surface area contributed by atoms with Gasteiger partial charge in [0.1, 0.15) is 9.45 Å². The SMILES string of the molecule is OCc1c(OC(F)(F)F)cc(CCl)nc1I. The van der Waals surface area contributed by atoms with Crippen molar-refractivity contribution in [2.24, 2.45) is 0 Å². The lowest BCUT2D eigenvalue weighted by molar-refractivity contribution is -0.275. The zero-order chi connectivity index (χ0) is 12.3. The average Bonchev–Trinajstić information content (AvgIpc) is 2.14. The number of aromatic nitrogens is 1. The van der Waals surface area contributed by atoms with E-state index in [0.29, 0.717) is 0 Å². The van der Waals surface area contributed by atoms with Crippen LogP contribution >= 0.6 is 34.2 Å². The lowest BCUT2D eigenvalue weighted by Gasteiger charge is -2.13. The normalized spacial score (nSPS) is 11.6. The largest absolute Gasteiger partial charge is 0.573 e. The number of ether oxygens (including phenoxy) is 1. The quantitative estimate of drug-likeness (QED) is 0.507. The minimum atomic E-state index is -4.81. The molecule has 0 bridgehead atoms. The number of aliphatic hydroxyl groups excluding tert-OH is 1. The number of halogens is 5. The summed E-state index contributed by atoms with van der Waals surface area (Å²) in [7, 11) is 0. The third-order valence-corrected chi connectivity index (χ3v) is 2.77. The Morgan fingerprint density at radius 2 is 2.12 bits per heavy atom.